The molecule has 0 aromatic heterocycles. The van der Waals surface area contributed by atoms with E-state index in [1.165, 1.54) is 24.3 Å². The minimum Gasteiger partial charge on any atom is -0.288 e. The van der Waals surface area contributed by atoms with Crippen molar-refractivity contribution in [2.24, 2.45) is 0 Å². The fourth-order valence-corrected chi connectivity index (χ4v) is 1.85. The number of carbonyl (C=O) groups is 1. The second-order valence-corrected chi connectivity index (χ2v) is 4.80. The van der Waals surface area contributed by atoms with Crippen LogP contribution in [-0.2, 0) is 0 Å². The Kier molecular flexibility index (Phi) is 3.57. The molecule has 0 radical (unpaired) electrons. The number of hydrogen-bond donors (Lipinski definition) is 0. The van der Waals surface area contributed by atoms with Gasteiger partial charge in [0.25, 0.3) is 0 Å². The number of aryl methyl sites for hydroxylation is 1. The molecule has 2 aromatic rings. The van der Waals surface area contributed by atoms with Crippen molar-refractivity contribution in [2.45, 2.75) is 6.92 Å². The largest absolute Gasteiger partial charge is 0.288 e. The molecular formula is C14H9BrF2O. The van der Waals surface area contributed by atoms with E-state index in [0.717, 1.165) is 11.6 Å². The molecule has 0 amide bonds. The van der Waals surface area contributed by atoms with Crippen LogP contribution in [0.15, 0.2) is 40.9 Å². The third-order valence-electron chi connectivity index (χ3n) is 2.55. The molecule has 18 heavy (non-hydrogen) atoms. The maximum Gasteiger partial charge on any atom is 0.196 e. The summed E-state index contributed by atoms with van der Waals surface area (Å²) in [5, 5.41) is 0. The number of ketones is 1. The van der Waals surface area contributed by atoms with Crippen LogP contribution in [0, 0.1) is 18.6 Å². The molecular weight excluding hydrogens is 302 g/mol. The maximum absolute atomic E-state index is 13.6. The van der Waals surface area contributed by atoms with E-state index in [1.807, 2.05) is 0 Å². The van der Waals surface area contributed by atoms with Crippen LogP contribution in [0.1, 0.15) is 21.5 Å². The van der Waals surface area contributed by atoms with Gasteiger partial charge in [-0.1, -0.05) is 11.6 Å². The van der Waals surface area contributed by atoms with Gasteiger partial charge < -0.3 is 0 Å². The summed E-state index contributed by atoms with van der Waals surface area (Å²) in [6.07, 6.45) is 0. The van der Waals surface area contributed by atoms with Gasteiger partial charge in [0.1, 0.15) is 11.6 Å². The van der Waals surface area contributed by atoms with E-state index in [2.05, 4.69) is 15.9 Å². The fourth-order valence-electron chi connectivity index (χ4n) is 1.61. The molecule has 0 fully saturated rings. The fraction of sp³-hybridized carbons (Fsp3) is 0.0714. The van der Waals surface area contributed by atoms with Crippen molar-refractivity contribution >= 4 is 21.7 Å². The summed E-state index contributed by atoms with van der Waals surface area (Å²) in [5.74, 6) is -1.68. The zero-order chi connectivity index (χ0) is 13.3. The minimum atomic E-state index is -0.603. The van der Waals surface area contributed by atoms with Gasteiger partial charge in [-0.3, -0.25) is 4.79 Å². The Bertz CT molecular complexity index is 623. The lowest BCUT2D eigenvalue weighted by Crippen LogP contribution is -2.05. The number of rotatable bonds is 2. The van der Waals surface area contributed by atoms with E-state index in [9.17, 15) is 13.6 Å². The van der Waals surface area contributed by atoms with Crippen LogP contribution in [0.25, 0.3) is 0 Å². The van der Waals surface area contributed by atoms with Crippen LogP contribution in [0.4, 0.5) is 8.78 Å². The highest BCUT2D eigenvalue weighted by atomic mass is 79.9. The van der Waals surface area contributed by atoms with Crippen LogP contribution < -0.4 is 0 Å². The van der Waals surface area contributed by atoms with Gasteiger partial charge in [0.15, 0.2) is 5.78 Å². The molecule has 2 rings (SSSR count). The van der Waals surface area contributed by atoms with Gasteiger partial charge in [0.05, 0.1) is 10.0 Å². The van der Waals surface area contributed by atoms with E-state index < -0.39 is 17.4 Å². The van der Waals surface area contributed by atoms with Crippen LogP contribution in [0.2, 0.25) is 0 Å². The van der Waals surface area contributed by atoms with Gasteiger partial charge in [0, 0.05) is 5.56 Å². The minimum absolute atomic E-state index is 0.0447. The molecule has 0 atom stereocenters. The first-order valence-corrected chi connectivity index (χ1v) is 6.04. The van der Waals surface area contributed by atoms with Crippen molar-refractivity contribution in [3.63, 3.8) is 0 Å². The lowest BCUT2D eigenvalue weighted by molar-refractivity contribution is 0.103. The summed E-state index contributed by atoms with van der Waals surface area (Å²) in [4.78, 5) is 12.1. The lowest BCUT2D eigenvalue weighted by atomic mass is 10.0. The summed E-state index contributed by atoms with van der Waals surface area (Å²) in [5.41, 5.74) is 0.856. The number of hydrogen-bond acceptors (Lipinski definition) is 1. The maximum atomic E-state index is 13.6. The number of halogens is 3. The van der Waals surface area contributed by atoms with E-state index in [1.54, 1.807) is 13.0 Å². The number of carbonyl (C=O) groups excluding carboxylic acids is 1. The van der Waals surface area contributed by atoms with Gasteiger partial charge in [-0.15, -0.1) is 0 Å². The SMILES string of the molecule is Cc1ccc(F)c(C(=O)c2ccc(Br)c(F)c2)c1. The second-order valence-electron chi connectivity index (χ2n) is 3.94. The third-order valence-corrected chi connectivity index (χ3v) is 3.19. The molecule has 0 spiro atoms. The molecule has 0 N–H and O–H groups in total. The van der Waals surface area contributed by atoms with Gasteiger partial charge in [-0.05, 0) is 53.2 Å². The molecule has 0 bridgehead atoms. The van der Waals surface area contributed by atoms with Crippen LogP contribution in [-0.4, -0.2) is 5.78 Å². The molecule has 1 nitrogen and oxygen atoms in total. The standard InChI is InChI=1S/C14H9BrF2O/c1-8-2-5-12(16)10(6-8)14(18)9-3-4-11(15)13(17)7-9/h2-7H,1H3. The van der Waals surface area contributed by atoms with Gasteiger partial charge in [-0.25, -0.2) is 8.78 Å². The molecule has 4 heteroatoms. The predicted octanol–water partition coefficient (Wildman–Crippen LogP) is 4.27. The van der Waals surface area contributed by atoms with E-state index in [-0.39, 0.29) is 15.6 Å². The quantitative estimate of drug-likeness (QED) is 0.757. The average Bonchev–Trinajstić information content (AvgIpc) is 2.35. The van der Waals surface area contributed by atoms with Crippen molar-refractivity contribution in [3.05, 3.63) is 69.2 Å². The van der Waals surface area contributed by atoms with Gasteiger partial charge in [0.2, 0.25) is 0 Å². The van der Waals surface area contributed by atoms with Gasteiger partial charge in [-0.2, -0.15) is 0 Å². The highest BCUT2D eigenvalue weighted by Gasteiger charge is 2.15. The molecule has 0 unspecified atom stereocenters. The van der Waals surface area contributed by atoms with E-state index in [0.29, 0.717) is 0 Å². The first-order chi connectivity index (χ1) is 8.49. The Morgan fingerprint density at radius 3 is 2.44 bits per heavy atom. The summed E-state index contributed by atoms with van der Waals surface area (Å²) in [6, 6.07) is 8.24. The molecule has 0 saturated carbocycles. The lowest BCUT2D eigenvalue weighted by Gasteiger charge is -2.05. The summed E-state index contributed by atoms with van der Waals surface area (Å²) in [6.45, 7) is 1.76. The Morgan fingerprint density at radius 2 is 1.78 bits per heavy atom. The van der Waals surface area contributed by atoms with Crippen molar-refractivity contribution in [2.75, 3.05) is 0 Å². The summed E-state index contributed by atoms with van der Waals surface area (Å²) in [7, 11) is 0. The Labute approximate surface area is 112 Å². The summed E-state index contributed by atoms with van der Waals surface area (Å²) < 4.78 is 27.2. The molecule has 0 saturated heterocycles. The predicted molar refractivity (Wildman–Crippen MR) is 68.7 cm³/mol. The third kappa shape index (κ3) is 2.48. The topological polar surface area (TPSA) is 17.1 Å². The Hall–Kier alpha value is -1.55. The average molecular weight is 311 g/mol. The van der Waals surface area contributed by atoms with E-state index in [4.69, 9.17) is 0 Å². The van der Waals surface area contributed by atoms with Crippen molar-refractivity contribution in [1.82, 2.24) is 0 Å². The van der Waals surface area contributed by atoms with Crippen LogP contribution in [0.5, 0.6) is 0 Å². The normalized spacial score (nSPS) is 10.4. The van der Waals surface area contributed by atoms with Crippen molar-refractivity contribution in [1.29, 1.82) is 0 Å². The zero-order valence-electron chi connectivity index (χ0n) is 9.51. The molecule has 0 aliphatic rings. The van der Waals surface area contributed by atoms with Gasteiger partial charge >= 0.3 is 0 Å². The molecule has 92 valence electrons. The highest BCUT2D eigenvalue weighted by Crippen LogP contribution is 2.20. The first kappa shape index (κ1) is 12.9. The number of benzene rings is 2. The molecule has 0 heterocycles. The van der Waals surface area contributed by atoms with Crippen LogP contribution >= 0.6 is 15.9 Å². The molecule has 0 aliphatic carbocycles. The molecule has 2 aromatic carbocycles. The first-order valence-electron chi connectivity index (χ1n) is 5.25. The monoisotopic (exact) mass is 310 g/mol. The van der Waals surface area contributed by atoms with Crippen LogP contribution in [0.3, 0.4) is 0 Å². The zero-order valence-corrected chi connectivity index (χ0v) is 11.1. The second kappa shape index (κ2) is 4.98. The Morgan fingerprint density at radius 1 is 1.06 bits per heavy atom. The summed E-state index contributed by atoms with van der Waals surface area (Å²) >= 11 is 3.00. The van der Waals surface area contributed by atoms with E-state index >= 15 is 0 Å². The molecule has 0 aliphatic heterocycles. The Balaban J connectivity index is 2.47. The van der Waals surface area contributed by atoms with Crippen molar-refractivity contribution in [3.8, 4) is 0 Å². The highest BCUT2D eigenvalue weighted by molar-refractivity contribution is 9.10. The van der Waals surface area contributed by atoms with Crippen molar-refractivity contribution < 1.29 is 13.6 Å². The smallest absolute Gasteiger partial charge is 0.196 e.